The molecule has 0 unspecified atom stereocenters. The molecule has 21 heavy (non-hydrogen) atoms. The van der Waals surface area contributed by atoms with Crippen molar-refractivity contribution in [3.05, 3.63) is 41.2 Å². The van der Waals surface area contributed by atoms with Crippen LogP contribution in [0, 0.1) is 6.92 Å². The fourth-order valence-corrected chi connectivity index (χ4v) is 2.67. The van der Waals surface area contributed by atoms with E-state index in [1.165, 1.54) is 17.6 Å². The van der Waals surface area contributed by atoms with Gasteiger partial charge < -0.3 is 9.84 Å². The van der Waals surface area contributed by atoms with Gasteiger partial charge in [-0.25, -0.2) is 9.48 Å². The lowest BCUT2D eigenvalue weighted by Gasteiger charge is -2.06. The minimum absolute atomic E-state index is 0.0443. The molecule has 1 N–H and O–H groups in total. The van der Waals surface area contributed by atoms with E-state index in [1.807, 2.05) is 6.92 Å². The van der Waals surface area contributed by atoms with Gasteiger partial charge in [-0.15, -0.1) is 16.9 Å². The molecule has 1 aromatic heterocycles. The first-order valence-electron chi connectivity index (χ1n) is 6.46. The van der Waals surface area contributed by atoms with Crippen LogP contribution in [-0.2, 0) is 17.9 Å². The second-order valence-corrected chi connectivity index (χ2v) is 5.68. The molecular weight excluding hydrogens is 290 g/mol. The highest BCUT2D eigenvalue weighted by atomic mass is 32.2. The number of hydrogen-bond donors (Lipinski definition) is 1. The molecule has 0 aliphatic carbocycles. The summed E-state index contributed by atoms with van der Waals surface area (Å²) in [6.07, 6.45) is 0. The van der Waals surface area contributed by atoms with Gasteiger partial charge in [-0.3, -0.25) is 0 Å². The van der Waals surface area contributed by atoms with Crippen LogP contribution in [-0.4, -0.2) is 38.9 Å². The van der Waals surface area contributed by atoms with Gasteiger partial charge in [-0.05, 0) is 19.1 Å². The summed E-state index contributed by atoms with van der Waals surface area (Å²) in [6.45, 7) is 2.82. The van der Waals surface area contributed by atoms with Gasteiger partial charge in [0.05, 0.1) is 18.8 Å². The maximum atomic E-state index is 11.1. The van der Waals surface area contributed by atoms with Crippen LogP contribution in [0.15, 0.2) is 29.2 Å². The van der Waals surface area contributed by atoms with Gasteiger partial charge in [0, 0.05) is 17.8 Å². The number of rotatable bonds is 7. The fraction of sp³-hybridized carbons (Fsp3) is 0.357. The average molecular weight is 307 g/mol. The molecule has 0 amide bonds. The lowest BCUT2D eigenvalue weighted by molar-refractivity contribution is 0.0684. The number of aromatic carboxylic acids is 1. The van der Waals surface area contributed by atoms with Gasteiger partial charge in [-0.1, -0.05) is 22.9 Å². The van der Waals surface area contributed by atoms with Crippen molar-refractivity contribution in [3.8, 4) is 0 Å². The van der Waals surface area contributed by atoms with Crippen molar-refractivity contribution in [1.82, 2.24) is 15.0 Å². The lowest BCUT2D eigenvalue weighted by atomic mass is 10.2. The zero-order valence-corrected chi connectivity index (χ0v) is 12.8. The van der Waals surface area contributed by atoms with Gasteiger partial charge in [-0.2, -0.15) is 0 Å². The van der Waals surface area contributed by atoms with Crippen molar-refractivity contribution < 1.29 is 14.6 Å². The van der Waals surface area contributed by atoms with Gasteiger partial charge in [0.1, 0.15) is 0 Å². The second kappa shape index (κ2) is 7.24. The van der Waals surface area contributed by atoms with Crippen LogP contribution in [0.4, 0.5) is 0 Å². The maximum absolute atomic E-state index is 11.1. The number of benzene rings is 1. The molecule has 112 valence electrons. The first-order chi connectivity index (χ1) is 10.1. The number of nitrogens with zero attached hydrogens (tertiary/aromatic N) is 3. The van der Waals surface area contributed by atoms with Crippen molar-refractivity contribution in [3.63, 3.8) is 0 Å². The zero-order valence-electron chi connectivity index (χ0n) is 11.9. The molecule has 2 rings (SSSR count). The van der Waals surface area contributed by atoms with E-state index in [2.05, 4.69) is 34.6 Å². The van der Waals surface area contributed by atoms with E-state index < -0.39 is 5.97 Å². The summed E-state index contributed by atoms with van der Waals surface area (Å²) >= 11 is 1.69. The normalized spacial score (nSPS) is 10.8. The van der Waals surface area contributed by atoms with Gasteiger partial charge >= 0.3 is 5.97 Å². The number of ether oxygens (including phenoxy) is 1. The van der Waals surface area contributed by atoms with Crippen LogP contribution >= 0.6 is 11.8 Å². The van der Waals surface area contributed by atoms with Crippen molar-refractivity contribution in [2.75, 3.05) is 12.9 Å². The van der Waals surface area contributed by atoms with Gasteiger partial charge in [0.2, 0.25) is 0 Å². The van der Waals surface area contributed by atoms with Crippen LogP contribution in [0.1, 0.15) is 21.7 Å². The van der Waals surface area contributed by atoms with E-state index >= 15 is 0 Å². The van der Waals surface area contributed by atoms with Crippen molar-refractivity contribution in [1.29, 1.82) is 0 Å². The molecule has 0 bridgehead atoms. The minimum Gasteiger partial charge on any atom is -0.476 e. The SMILES string of the molecule is COCc1c(C(=O)O)nnn1CCSc1ccc(C)cc1. The minimum atomic E-state index is -1.08. The van der Waals surface area contributed by atoms with Crippen LogP contribution in [0.25, 0.3) is 0 Å². The highest BCUT2D eigenvalue weighted by Crippen LogP contribution is 2.19. The molecule has 0 saturated carbocycles. The Morgan fingerprint density at radius 1 is 1.38 bits per heavy atom. The van der Waals surface area contributed by atoms with E-state index in [4.69, 9.17) is 9.84 Å². The lowest BCUT2D eigenvalue weighted by Crippen LogP contribution is -2.10. The van der Waals surface area contributed by atoms with E-state index in [-0.39, 0.29) is 12.3 Å². The Kier molecular flexibility index (Phi) is 5.35. The molecule has 6 nitrogen and oxygen atoms in total. The summed E-state index contributed by atoms with van der Waals surface area (Å²) in [7, 11) is 1.52. The Hall–Kier alpha value is -1.86. The molecule has 7 heteroatoms. The summed E-state index contributed by atoms with van der Waals surface area (Å²) < 4.78 is 6.62. The smallest absolute Gasteiger partial charge is 0.358 e. The third-order valence-electron chi connectivity index (χ3n) is 2.91. The van der Waals surface area contributed by atoms with E-state index in [0.717, 1.165) is 5.75 Å². The molecule has 0 spiro atoms. The summed E-state index contributed by atoms with van der Waals surface area (Å²) in [5.41, 5.74) is 1.68. The third-order valence-corrected chi connectivity index (χ3v) is 3.91. The number of methoxy groups -OCH3 is 1. The predicted octanol–water partition coefficient (Wildman–Crippen LogP) is 2.22. The number of aromatic nitrogens is 3. The van der Waals surface area contributed by atoms with Crippen LogP contribution in [0.2, 0.25) is 0 Å². The zero-order chi connectivity index (χ0) is 15.2. The molecule has 0 atom stereocenters. The molecule has 0 aliphatic rings. The van der Waals surface area contributed by atoms with Crippen molar-refractivity contribution in [2.45, 2.75) is 25.0 Å². The summed E-state index contributed by atoms with van der Waals surface area (Å²) in [6, 6.07) is 8.27. The second-order valence-electron chi connectivity index (χ2n) is 4.51. The number of carboxylic acids is 1. The number of aryl methyl sites for hydroxylation is 2. The number of carboxylic acid groups (broad SMARTS) is 1. The number of carbonyl (C=O) groups is 1. The Labute approximate surface area is 127 Å². The summed E-state index contributed by atoms with van der Waals surface area (Å²) in [5.74, 6) is -0.304. The standard InChI is InChI=1S/C14H17N3O3S/c1-10-3-5-11(6-4-10)21-8-7-17-12(9-20-2)13(14(18)19)15-16-17/h3-6H,7-9H2,1-2H3,(H,18,19). The van der Waals surface area contributed by atoms with E-state index in [0.29, 0.717) is 12.2 Å². The molecular formula is C14H17N3O3S. The van der Waals surface area contributed by atoms with Crippen molar-refractivity contribution in [2.24, 2.45) is 0 Å². The topological polar surface area (TPSA) is 77.2 Å². The van der Waals surface area contributed by atoms with Gasteiger partial charge in [0.15, 0.2) is 5.69 Å². The monoisotopic (exact) mass is 307 g/mol. The quantitative estimate of drug-likeness (QED) is 0.790. The summed E-state index contributed by atoms with van der Waals surface area (Å²) in [4.78, 5) is 12.2. The highest BCUT2D eigenvalue weighted by molar-refractivity contribution is 7.99. The van der Waals surface area contributed by atoms with Crippen molar-refractivity contribution >= 4 is 17.7 Å². The predicted molar refractivity (Wildman–Crippen MR) is 79.6 cm³/mol. The van der Waals surface area contributed by atoms with E-state index in [1.54, 1.807) is 16.4 Å². The Morgan fingerprint density at radius 3 is 2.71 bits per heavy atom. The first kappa shape index (κ1) is 15.5. The molecule has 1 aromatic carbocycles. The Bertz CT molecular complexity index is 610. The van der Waals surface area contributed by atoms with E-state index in [9.17, 15) is 4.79 Å². The average Bonchev–Trinajstić information content (AvgIpc) is 2.85. The molecule has 0 saturated heterocycles. The highest BCUT2D eigenvalue weighted by Gasteiger charge is 2.18. The molecule has 0 radical (unpaired) electrons. The number of thioether (sulfide) groups is 1. The van der Waals surface area contributed by atoms with Gasteiger partial charge in [0.25, 0.3) is 0 Å². The fourth-order valence-electron chi connectivity index (χ4n) is 1.84. The summed E-state index contributed by atoms with van der Waals surface area (Å²) in [5, 5.41) is 16.6. The molecule has 0 aliphatic heterocycles. The third kappa shape index (κ3) is 4.05. The largest absolute Gasteiger partial charge is 0.476 e. The number of hydrogen-bond acceptors (Lipinski definition) is 5. The Morgan fingerprint density at radius 2 is 2.10 bits per heavy atom. The van der Waals surface area contributed by atoms with Crippen LogP contribution < -0.4 is 0 Å². The van der Waals surface area contributed by atoms with Crippen LogP contribution in [0.3, 0.4) is 0 Å². The maximum Gasteiger partial charge on any atom is 0.358 e. The molecule has 2 aromatic rings. The molecule has 0 fully saturated rings. The Balaban J connectivity index is 1.99. The van der Waals surface area contributed by atoms with Crippen LogP contribution in [0.5, 0.6) is 0 Å². The first-order valence-corrected chi connectivity index (χ1v) is 7.44. The molecule has 1 heterocycles.